The molecule has 0 aromatic carbocycles. The van der Waals surface area contributed by atoms with Crippen LogP contribution < -0.4 is 0 Å². The fourth-order valence-electron chi connectivity index (χ4n) is 3.36. The van der Waals surface area contributed by atoms with Gasteiger partial charge in [0.1, 0.15) is 12.2 Å². The molecular formula is C20H26O6. The third kappa shape index (κ3) is 4.51. The summed E-state index contributed by atoms with van der Waals surface area (Å²) in [4.78, 5) is 24.4. The van der Waals surface area contributed by atoms with E-state index in [9.17, 15) is 19.8 Å². The predicted molar refractivity (Wildman–Crippen MR) is 96.0 cm³/mol. The molecule has 0 aromatic rings. The third-order valence-corrected chi connectivity index (χ3v) is 4.68. The number of ether oxygens (including phenoxy) is 2. The van der Waals surface area contributed by atoms with Gasteiger partial charge in [0.15, 0.2) is 0 Å². The van der Waals surface area contributed by atoms with E-state index in [1.165, 1.54) is 6.08 Å². The van der Waals surface area contributed by atoms with Crippen molar-refractivity contribution in [3.8, 4) is 0 Å². The number of fused-ring (bicyclic) bond motifs is 1. The van der Waals surface area contributed by atoms with Crippen molar-refractivity contribution in [2.75, 3.05) is 6.61 Å². The maximum atomic E-state index is 12.3. The quantitative estimate of drug-likeness (QED) is 0.453. The molecular weight excluding hydrogens is 336 g/mol. The molecule has 26 heavy (non-hydrogen) atoms. The minimum absolute atomic E-state index is 0.142. The topological polar surface area (TPSA) is 93.1 Å². The molecule has 0 aromatic heterocycles. The lowest BCUT2D eigenvalue weighted by atomic mass is 9.85. The van der Waals surface area contributed by atoms with Crippen molar-refractivity contribution < 1.29 is 29.3 Å². The Bertz CT molecular complexity index is 684. The van der Waals surface area contributed by atoms with Gasteiger partial charge in [-0.05, 0) is 33.3 Å². The molecule has 0 spiro atoms. The van der Waals surface area contributed by atoms with Crippen LogP contribution in [0.3, 0.4) is 0 Å². The molecule has 1 heterocycles. The second-order valence-corrected chi connectivity index (χ2v) is 6.84. The van der Waals surface area contributed by atoms with Gasteiger partial charge in [0.2, 0.25) is 0 Å². The molecule has 4 atom stereocenters. The Morgan fingerprint density at radius 3 is 2.62 bits per heavy atom. The lowest BCUT2D eigenvalue weighted by Gasteiger charge is -2.28. The summed E-state index contributed by atoms with van der Waals surface area (Å²) in [5.41, 5.74) is 2.11. The van der Waals surface area contributed by atoms with Crippen molar-refractivity contribution in [2.45, 2.75) is 51.9 Å². The van der Waals surface area contributed by atoms with Crippen molar-refractivity contribution in [1.82, 2.24) is 0 Å². The van der Waals surface area contributed by atoms with Crippen LogP contribution in [0.25, 0.3) is 0 Å². The van der Waals surface area contributed by atoms with Crippen molar-refractivity contribution >= 4 is 11.9 Å². The molecule has 1 aliphatic heterocycles. The fourth-order valence-corrected chi connectivity index (χ4v) is 3.36. The maximum absolute atomic E-state index is 12.3. The summed E-state index contributed by atoms with van der Waals surface area (Å²) in [6.07, 6.45) is 3.79. The molecule has 142 valence electrons. The lowest BCUT2D eigenvalue weighted by molar-refractivity contribution is -0.147. The molecule has 0 unspecified atom stereocenters. The van der Waals surface area contributed by atoms with E-state index in [-0.39, 0.29) is 11.1 Å². The van der Waals surface area contributed by atoms with Gasteiger partial charge in [-0.15, -0.1) is 0 Å². The van der Waals surface area contributed by atoms with Crippen LogP contribution in [-0.4, -0.2) is 47.1 Å². The van der Waals surface area contributed by atoms with Crippen molar-refractivity contribution in [2.24, 2.45) is 5.92 Å². The number of hydrogen-bond acceptors (Lipinski definition) is 6. The summed E-state index contributed by atoms with van der Waals surface area (Å²) in [6.45, 7) is 8.72. The molecule has 0 saturated carbocycles. The number of rotatable bonds is 3. The normalized spacial score (nSPS) is 30.1. The monoisotopic (exact) mass is 362 g/mol. The average Bonchev–Trinajstić information content (AvgIpc) is 2.81. The summed E-state index contributed by atoms with van der Waals surface area (Å²) >= 11 is 0. The first-order valence-corrected chi connectivity index (χ1v) is 8.66. The summed E-state index contributed by atoms with van der Waals surface area (Å²) in [5, 5.41) is 19.4. The average molecular weight is 362 g/mol. The number of allylic oxidation sites excluding steroid dienone is 1. The van der Waals surface area contributed by atoms with E-state index in [0.717, 1.165) is 11.1 Å². The largest absolute Gasteiger partial charge is 0.458 e. The van der Waals surface area contributed by atoms with Crippen LogP contribution in [0.1, 0.15) is 33.6 Å². The smallest absolute Gasteiger partial charge is 0.336 e. The number of hydrogen-bond donors (Lipinski definition) is 2. The SMILES string of the molecule is C=C1C(=O)O[C@@H]2C=C(C)C[C@H](O)C=C(C)C[C@@H](OC(=O)/C(=C/C)CO)[C@@H]12. The summed E-state index contributed by atoms with van der Waals surface area (Å²) in [6, 6.07) is 0. The Morgan fingerprint density at radius 2 is 2.00 bits per heavy atom. The molecule has 0 bridgehead atoms. The summed E-state index contributed by atoms with van der Waals surface area (Å²) in [5.74, 6) is -1.67. The van der Waals surface area contributed by atoms with Gasteiger partial charge in [0.25, 0.3) is 0 Å². The maximum Gasteiger partial charge on any atom is 0.336 e. The van der Waals surface area contributed by atoms with Gasteiger partial charge in [-0.1, -0.05) is 29.9 Å². The first-order valence-electron chi connectivity index (χ1n) is 8.66. The first-order chi connectivity index (χ1) is 12.3. The zero-order valence-corrected chi connectivity index (χ0v) is 15.4. The van der Waals surface area contributed by atoms with E-state index in [1.54, 1.807) is 19.1 Å². The Kier molecular flexibility index (Phi) is 6.56. The molecule has 6 heteroatoms. The Morgan fingerprint density at radius 1 is 1.35 bits per heavy atom. The van der Waals surface area contributed by atoms with E-state index in [0.29, 0.717) is 12.8 Å². The summed E-state index contributed by atoms with van der Waals surface area (Å²) in [7, 11) is 0. The van der Waals surface area contributed by atoms with Crippen LogP contribution in [0.2, 0.25) is 0 Å². The minimum Gasteiger partial charge on any atom is -0.458 e. The highest BCUT2D eigenvalue weighted by atomic mass is 16.6. The van der Waals surface area contributed by atoms with E-state index in [2.05, 4.69) is 6.58 Å². The van der Waals surface area contributed by atoms with Crippen LogP contribution >= 0.6 is 0 Å². The number of carbonyl (C=O) groups excluding carboxylic acids is 2. The highest BCUT2D eigenvalue weighted by molar-refractivity contribution is 5.92. The molecule has 0 radical (unpaired) electrons. The fraction of sp³-hybridized carbons (Fsp3) is 0.500. The number of aliphatic hydroxyl groups is 2. The van der Waals surface area contributed by atoms with E-state index < -0.39 is 42.8 Å². The Hall–Kier alpha value is -2.18. The van der Waals surface area contributed by atoms with Gasteiger partial charge < -0.3 is 19.7 Å². The van der Waals surface area contributed by atoms with Crippen LogP contribution in [0.15, 0.2) is 47.1 Å². The Labute approximate surface area is 153 Å². The molecule has 1 saturated heterocycles. The summed E-state index contributed by atoms with van der Waals surface area (Å²) < 4.78 is 11.0. The van der Waals surface area contributed by atoms with Gasteiger partial charge >= 0.3 is 11.9 Å². The van der Waals surface area contributed by atoms with Crippen molar-refractivity contribution in [3.63, 3.8) is 0 Å². The number of carbonyl (C=O) groups is 2. The lowest BCUT2D eigenvalue weighted by Crippen LogP contribution is -2.34. The Balaban J connectivity index is 2.41. The number of aliphatic hydroxyl groups excluding tert-OH is 2. The van der Waals surface area contributed by atoms with Crippen molar-refractivity contribution in [3.05, 3.63) is 47.1 Å². The highest BCUT2D eigenvalue weighted by Gasteiger charge is 2.44. The molecule has 0 amide bonds. The van der Waals surface area contributed by atoms with Crippen LogP contribution in [0.5, 0.6) is 0 Å². The predicted octanol–water partition coefficient (Wildman–Crippen LogP) is 1.98. The minimum atomic E-state index is -0.696. The van der Waals surface area contributed by atoms with Crippen LogP contribution in [0, 0.1) is 5.92 Å². The molecule has 2 aliphatic rings. The molecule has 6 nitrogen and oxygen atoms in total. The first kappa shape index (κ1) is 20.1. The van der Waals surface area contributed by atoms with Crippen molar-refractivity contribution in [1.29, 1.82) is 0 Å². The van der Waals surface area contributed by atoms with E-state index in [4.69, 9.17) is 9.47 Å². The standard InChI is InChI=1S/C20H26O6/c1-5-14(10-21)20(24)26-17-9-12(3)7-15(22)6-11(2)8-16-18(17)13(4)19(23)25-16/h5,7-8,15-18,21-22H,4,6,9-10H2,1-3H3/b11-8?,12-7?,14-5+/t15-,16+,17+,18-/m0/s1. The second kappa shape index (κ2) is 8.47. The zero-order chi connectivity index (χ0) is 19.4. The van der Waals surface area contributed by atoms with Crippen LogP contribution in [0.4, 0.5) is 0 Å². The van der Waals surface area contributed by atoms with E-state index >= 15 is 0 Å². The molecule has 2 rings (SSSR count). The molecule has 1 aliphatic carbocycles. The van der Waals surface area contributed by atoms with Gasteiger partial charge in [-0.3, -0.25) is 0 Å². The molecule has 2 N–H and O–H groups in total. The third-order valence-electron chi connectivity index (χ3n) is 4.68. The second-order valence-electron chi connectivity index (χ2n) is 6.84. The van der Waals surface area contributed by atoms with Gasteiger partial charge in [0, 0.05) is 12.0 Å². The van der Waals surface area contributed by atoms with Gasteiger partial charge in [-0.25, -0.2) is 9.59 Å². The van der Waals surface area contributed by atoms with Gasteiger partial charge in [-0.2, -0.15) is 0 Å². The van der Waals surface area contributed by atoms with E-state index in [1.807, 2.05) is 13.8 Å². The zero-order valence-electron chi connectivity index (χ0n) is 15.4. The number of esters is 2. The van der Waals surface area contributed by atoms with Gasteiger partial charge in [0.05, 0.1) is 24.2 Å². The van der Waals surface area contributed by atoms with Crippen LogP contribution in [-0.2, 0) is 19.1 Å². The molecule has 1 fully saturated rings. The highest BCUT2D eigenvalue weighted by Crippen LogP contribution is 2.36.